The first kappa shape index (κ1) is 29.9. The Bertz CT molecular complexity index is 897. The van der Waals surface area contributed by atoms with E-state index in [1.165, 1.54) is 19.3 Å². The lowest BCUT2D eigenvalue weighted by molar-refractivity contribution is -0.150. The molecule has 0 unspecified atom stereocenters. The van der Waals surface area contributed by atoms with E-state index in [1.54, 1.807) is 6.92 Å². The van der Waals surface area contributed by atoms with Crippen LogP contribution in [0.2, 0.25) is 0 Å². The SMILES string of the molecule is C[C@@H](CO)NC(=O)C[C@H]1CC=CCCC[C@H](Cc2ccccc2)C(=O)OC[C@H](CC2CCCCC2)NC1=O. The summed E-state index contributed by atoms with van der Waals surface area (Å²) < 4.78 is 5.88. The number of hydrogen-bond acceptors (Lipinski definition) is 5. The zero-order chi connectivity index (χ0) is 27.2. The minimum Gasteiger partial charge on any atom is -0.463 e. The molecule has 2 amide bonds. The molecule has 38 heavy (non-hydrogen) atoms. The largest absolute Gasteiger partial charge is 0.463 e. The number of allylic oxidation sites excluding steroid dienone is 2. The number of aliphatic hydroxyl groups is 1. The maximum absolute atomic E-state index is 13.4. The van der Waals surface area contributed by atoms with Crippen LogP contribution in [0.4, 0.5) is 0 Å². The fourth-order valence-corrected chi connectivity index (χ4v) is 5.56. The average Bonchev–Trinajstić information content (AvgIpc) is 2.92. The van der Waals surface area contributed by atoms with E-state index < -0.39 is 5.92 Å². The van der Waals surface area contributed by atoms with E-state index in [4.69, 9.17) is 4.74 Å². The van der Waals surface area contributed by atoms with E-state index in [1.807, 2.05) is 42.5 Å². The van der Waals surface area contributed by atoms with Crippen molar-refractivity contribution in [1.82, 2.24) is 10.6 Å². The summed E-state index contributed by atoms with van der Waals surface area (Å²) in [4.78, 5) is 39.2. The third kappa shape index (κ3) is 10.6. The normalized spacial score (nSPS) is 25.1. The van der Waals surface area contributed by atoms with Gasteiger partial charge in [-0.15, -0.1) is 0 Å². The van der Waals surface area contributed by atoms with E-state index in [9.17, 15) is 19.5 Å². The van der Waals surface area contributed by atoms with Crippen LogP contribution in [0.15, 0.2) is 42.5 Å². The number of rotatable bonds is 8. The summed E-state index contributed by atoms with van der Waals surface area (Å²) in [5, 5.41) is 15.2. The number of carbonyl (C=O) groups is 3. The van der Waals surface area contributed by atoms with Gasteiger partial charge in [0.25, 0.3) is 0 Å². The van der Waals surface area contributed by atoms with Crippen LogP contribution >= 0.6 is 0 Å². The smallest absolute Gasteiger partial charge is 0.309 e. The summed E-state index contributed by atoms with van der Waals surface area (Å²) in [7, 11) is 0. The highest BCUT2D eigenvalue weighted by molar-refractivity contribution is 5.86. The molecule has 2 aliphatic rings. The molecule has 7 nitrogen and oxygen atoms in total. The van der Waals surface area contributed by atoms with Crippen molar-refractivity contribution in [3.8, 4) is 0 Å². The highest BCUT2D eigenvalue weighted by atomic mass is 16.5. The number of carbonyl (C=O) groups excluding carboxylic acids is 3. The molecule has 1 heterocycles. The second-order valence-corrected chi connectivity index (χ2v) is 11.2. The first-order valence-electron chi connectivity index (χ1n) is 14.5. The highest BCUT2D eigenvalue weighted by Gasteiger charge is 2.28. The fourth-order valence-electron chi connectivity index (χ4n) is 5.56. The van der Waals surface area contributed by atoms with E-state index in [0.717, 1.165) is 44.1 Å². The summed E-state index contributed by atoms with van der Waals surface area (Å²) in [5.41, 5.74) is 1.12. The molecule has 210 valence electrons. The molecule has 1 aliphatic carbocycles. The highest BCUT2D eigenvalue weighted by Crippen LogP contribution is 2.28. The lowest BCUT2D eigenvalue weighted by Gasteiger charge is -2.29. The third-order valence-electron chi connectivity index (χ3n) is 7.77. The predicted octanol–water partition coefficient (Wildman–Crippen LogP) is 4.48. The Labute approximate surface area is 227 Å². The first-order valence-corrected chi connectivity index (χ1v) is 14.5. The number of aliphatic hydroxyl groups excluding tert-OH is 1. The van der Waals surface area contributed by atoms with E-state index in [0.29, 0.717) is 18.8 Å². The van der Waals surface area contributed by atoms with Crippen LogP contribution in [0.5, 0.6) is 0 Å². The van der Waals surface area contributed by atoms with Gasteiger partial charge in [0, 0.05) is 12.5 Å². The van der Waals surface area contributed by atoms with Crippen molar-refractivity contribution in [2.24, 2.45) is 17.8 Å². The van der Waals surface area contributed by atoms with Crippen LogP contribution in [-0.2, 0) is 25.5 Å². The zero-order valence-corrected chi connectivity index (χ0v) is 22.9. The summed E-state index contributed by atoms with van der Waals surface area (Å²) in [5.74, 6) is -0.873. The molecule has 0 radical (unpaired) electrons. The molecule has 3 rings (SSSR count). The van der Waals surface area contributed by atoms with Crippen LogP contribution in [0, 0.1) is 17.8 Å². The number of hydrogen-bond donors (Lipinski definition) is 3. The number of ether oxygens (including phenoxy) is 1. The van der Waals surface area contributed by atoms with Gasteiger partial charge in [-0.2, -0.15) is 0 Å². The summed E-state index contributed by atoms with van der Waals surface area (Å²) in [6, 6.07) is 9.41. The van der Waals surface area contributed by atoms with E-state index in [-0.39, 0.29) is 55.4 Å². The number of cyclic esters (lactones) is 1. The maximum atomic E-state index is 13.4. The topological polar surface area (TPSA) is 105 Å². The maximum Gasteiger partial charge on any atom is 0.309 e. The zero-order valence-electron chi connectivity index (χ0n) is 22.9. The molecular formula is C31H46N2O5. The molecule has 1 aromatic carbocycles. The van der Waals surface area contributed by atoms with Gasteiger partial charge in [-0.1, -0.05) is 74.6 Å². The van der Waals surface area contributed by atoms with E-state index >= 15 is 0 Å². The fraction of sp³-hybridized carbons (Fsp3) is 0.645. The van der Waals surface area contributed by atoms with Crippen molar-refractivity contribution < 1.29 is 24.2 Å². The summed E-state index contributed by atoms with van der Waals surface area (Å²) >= 11 is 0. The van der Waals surface area contributed by atoms with Crippen LogP contribution in [0.3, 0.4) is 0 Å². The number of benzene rings is 1. The van der Waals surface area contributed by atoms with Crippen LogP contribution in [0.25, 0.3) is 0 Å². The molecule has 1 aliphatic heterocycles. The second kappa shape index (κ2) is 16.3. The lowest BCUT2D eigenvalue weighted by Crippen LogP contribution is -2.45. The number of nitrogens with one attached hydrogen (secondary N) is 2. The number of amides is 2. The second-order valence-electron chi connectivity index (χ2n) is 11.2. The van der Waals surface area contributed by atoms with Crippen LogP contribution in [0.1, 0.15) is 83.1 Å². The Balaban J connectivity index is 1.73. The van der Waals surface area contributed by atoms with Crippen molar-refractivity contribution in [2.75, 3.05) is 13.2 Å². The van der Waals surface area contributed by atoms with Crippen molar-refractivity contribution in [3.63, 3.8) is 0 Å². The van der Waals surface area contributed by atoms with Gasteiger partial charge in [0.15, 0.2) is 0 Å². The molecular weight excluding hydrogens is 480 g/mol. The molecule has 1 aromatic rings. The van der Waals surface area contributed by atoms with Gasteiger partial charge in [0.1, 0.15) is 6.61 Å². The van der Waals surface area contributed by atoms with Gasteiger partial charge >= 0.3 is 5.97 Å². The molecule has 7 heteroatoms. The molecule has 4 atom stereocenters. The van der Waals surface area contributed by atoms with Crippen LogP contribution < -0.4 is 10.6 Å². The Morgan fingerprint density at radius 2 is 1.82 bits per heavy atom. The number of esters is 1. The molecule has 1 saturated carbocycles. The molecule has 3 N–H and O–H groups in total. The summed E-state index contributed by atoms with van der Waals surface area (Å²) in [6.07, 6.45) is 14.3. The summed E-state index contributed by atoms with van der Waals surface area (Å²) in [6.45, 7) is 1.73. The van der Waals surface area contributed by atoms with Crippen molar-refractivity contribution in [3.05, 3.63) is 48.0 Å². The average molecular weight is 527 g/mol. The van der Waals surface area contributed by atoms with Gasteiger partial charge in [-0.05, 0) is 56.9 Å². The third-order valence-corrected chi connectivity index (χ3v) is 7.77. The molecule has 0 spiro atoms. The van der Waals surface area contributed by atoms with Gasteiger partial charge in [-0.25, -0.2) is 0 Å². The first-order chi connectivity index (χ1) is 18.4. The molecule has 0 bridgehead atoms. The lowest BCUT2D eigenvalue weighted by atomic mass is 9.84. The van der Waals surface area contributed by atoms with Gasteiger partial charge < -0.3 is 20.5 Å². The quantitative estimate of drug-likeness (QED) is 0.342. The predicted molar refractivity (Wildman–Crippen MR) is 148 cm³/mol. The molecule has 0 saturated heterocycles. The Kier molecular flexibility index (Phi) is 12.8. The molecule has 1 fully saturated rings. The van der Waals surface area contributed by atoms with Crippen LogP contribution in [-0.4, -0.2) is 48.2 Å². The monoisotopic (exact) mass is 526 g/mol. The van der Waals surface area contributed by atoms with Gasteiger partial charge in [-0.3, -0.25) is 14.4 Å². The standard InChI is InChI=1S/C31H46N2O5/c1-23(21-34)32-29(35)20-26-16-10-2-3-11-17-27(18-24-12-6-4-7-13-24)31(37)38-22-28(33-30(26)36)19-25-14-8-5-9-15-25/h2,4,6-7,10,12-13,23,25-28,34H,3,5,8-9,11,14-22H2,1H3,(H,32,35)(H,33,36)/t23-,26+,27+,28-/m0/s1. The van der Waals surface area contributed by atoms with Gasteiger partial charge in [0.05, 0.1) is 24.5 Å². The van der Waals surface area contributed by atoms with Crippen molar-refractivity contribution in [1.29, 1.82) is 0 Å². The van der Waals surface area contributed by atoms with Crippen molar-refractivity contribution in [2.45, 2.75) is 96.1 Å². The Morgan fingerprint density at radius 1 is 1.05 bits per heavy atom. The molecule has 0 aromatic heterocycles. The van der Waals surface area contributed by atoms with Gasteiger partial charge in [0.2, 0.25) is 11.8 Å². The Morgan fingerprint density at radius 3 is 2.55 bits per heavy atom. The van der Waals surface area contributed by atoms with Crippen molar-refractivity contribution >= 4 is 17.8 Å². The minimum atomic E-state index is -0.518. The van der Waals surface area contributed by atoms with E-state index in [2.05, 4.69) is 10.6 Å². The minimum absolute atomic E-state index is 0.0512. The Hall–Kier alpha value is -2.67.